The summed E-state index contributed by atoms with van der Waals surface area (Å²) in [7, 11) is 0. The van der Waals surface area contributed by atoms with Gasteiger partial charge >= 0.3 is 0 Å². The van der Waals surface area contributed by atoms with Crippen molar-refractivity contribution in [2.75, 3.05) is 0 Å². The lowest BCUT2D eigenvalue weighted by Gasteiger charge is -2.20. The van der Waals surface area contributed by atoms with Gasteiger partial charge < -0.3 is 0 Å². The number of rotatable bonds is 6. The highest BCUT2D eigenvalue weighted by Crippen LogP contribution is 2.38. The second-order valence-corrected chi connectivity index (χ2v) is 24.9. The Hall–Kier alpha value is -7.54. The van der Waals surface area contributed by atoms with Crippen LogP contribution in [0.1, 0.15) is 105 Å². The maximum Gasteiger partial charge on any atom is -0.00203 e. The van der Waals surface area contributed by atoms with Crippen LogP contribution < -0.4 is 10.4 Å². The van der Waals surface area contributed by atoms with Crippen LogP contribution in [-0.2, 0) is 21.7 Å². The van der Waals surface area contributed by atoms with Gasteiger partial charge in [-0.1, -0.05) is 242 Å². The molecule has 0 aliphatic rings. The molecule has 0 N–H and O–H groups in total. The van der Waals surface area contributed by atoms with Crippen LogP contribution in [0.5, 0.6) is 0 Å². The predicted octanol–water partition coefficient (Wildman–Crippen LogP) is 19.3. The molecular weight excluding hydrogens is 889 g/mol. The number of hydrogen-bond donors (Lipinski definition) is 0. The molecule has 0 atom stereocenters. The second-order valence-electron chi connectivity index (χ2n) is 24.9. The SMILES string of the molecule is C=c1c(-c2cc(-c3ccc(C(C)(C)C)cc3)cc(-c3ccc(C(C)(C)C)cc3)c2)cc2ccccc2c1=c1c(=C)c(-c2cc(-c3ccc(C(C)(C)C)cc3)cc(-c3ccc(C(C)(C)C)cc3)c2)cc2ccccc12. The minimum Gasteiger partial charge on any atom is -0.0905 e. The first-order chi connectivity index (χ1) is 35.0. The zero-order chi connectivity index (χ0) is 52.5. The highest BCUT2D eigenvalue weighted by atomic mass is 14.2. The zero-order valence-electron chi connectivity index (χ0n) is 45.9. The first-order valence-electron chi connectivity index (χ1n) is 26.5. The molecule has 0 saturated carbocycles. The summed E-state index contributed by atoms with van der Waals surface area (Å²) in [6, 6.07) is 73.2. The van der Waals surface area contributed by atoms with Crippen LogP contribution in [0.25, 0.3) is 101 Å². The van der Waals surface area contributed by atoms with E-state index in [1.54, 1.807) is 0 Å². The summed E-state index contributed by atoms with van der Waals surface area (Å²) >= 11 is 0. The fourth-order valence-corrected chi connectivity index (χ4v) is 10.8. The summed E-state index contributed by atoms with van der Waals surface area (Å²) in [5, 5.41) is 8.84. The largest absolute Gasteiger partial charge is 0.0905 e. The Kier molecular flexibility index (Phi) is 12.7. The van der Waals surface area contributed by atoms with Crippen LogP contribution in [0.4, 0.5) is 0 Å². The number of hydrogen-bond acceptors (Lipinski definition) is 0. The molecule has 0 aliphatic carbocycles. The molecule has 368 valence electrons. The normalized spacial score (nSPS) is 12.9. The van der Waals surface area contributed by atoms with Gasteiger partial charge in [-0.25, -0.2) is 0 Å². The third-order valence-electron chi connectivity index (χ3n) is 15.4. The van der Waals surface area contributed by atoms with Crippen molar-refractivity contribution in [1.82, 2.24) is 0 Å². The number of benzene rings is 10. The van der Waals surface area contributed by atoms with E-state index in [9.17, 15) is 0 Å². The Balaban J connectivity index is 1.26. The number of fused-ring (bicyclic) bond motifs is 2. The molecule has 0 aliphatic heterocycles. The van der Waals surface area contributed by atoms with E-state index >= 15 is 0 Å². The van der Waals surface area contributed by atoms with E-state index in [-0.39, 0.29) is 21.7 Å². The first kappa shape index (κ1) is 50.0. The van der Waals surface area contributed by atoms with Gasteiger partial charge in [-0.3, -0.25) is 0 Å². The van der Waals surface area contributed by atoms with Gasteiger partial charge in [-0.2, -0.15) is 0 Å². The van der Waals surface area contributed by atoms with Crippen LogP contribution in [0.2, 0.25) is 0 Å². The second kappa shape index (κ2) is 18.7. The van der Waals surface area contributed by atoms with E-state index < -0.39 is 0 Å². The summed E-state index contributed by atoms with van der Waals surface area (Å²) in [5.74, 6) is 0. The minimum atomic E-state index is 0.0565. The molecule has 0 unspecified atom stereocenters. The van der Waals surface area contributed by atoms with Crippen LogP contribution in [-0.4, -0.2) is 0 Å². The molecule has 0 heteroatoms. The summed E-state index contributed by atoms with van der Waals surface area (Å²) < 4.78 is 0. The minimum absolute atomic E-state index is 0.0565. The molecule has 0 nitrogen and oxygen atoms in total. The van der Waals surface area contributed by atoms with Gasteiger partial charge in [0.25, 0.3) is 0 Å². The maximum absolute atomic E-state index is 5.08. The molecule has 0 amide bonds. The van der Waals surface area contributed by atoms with E-state index in [0.717, 1.165) is 64.7 Å². The van der Waals surface area contributed by atoms with Gasteiger partial charge in [0, 0.05) is 0 Å². The summed E-state index contributed by atoms with van der Waals surface area (Å²) in [6.45, 7) is 37.5. The monoisotopic (exact) mass is 961 g/mol. The molecule has 0 heterocycles. The van der Waals surface area contributed by atoms with Gasteiger partial charge in [-0.15, -0.1) is 0 Å². The standard InChI is InChI=1S/C74H72/c1-47-67(59-41-55(49-23-31-61(32-24-49)71(3,4)5)39-56(42-59)50-25-33-62(34-26-50)72(6,7)8)45-53-19-15-17-21-65(53)69(47)70-48(2)68(46-54-20-16-18-22-66(54)70)60-43-57(51-27-35-63(36-28-51)73(9,10)11)40-58(44-60)52-29-37-64(38-30-52)74(12,13)14/h15-46H,1-2H2,3-14H3. The van der Waals surface area contributed by atoms with Crippen molar-refractivity contribution in [1.29, 1.82) is 0 Å². The van der Waals surface area contributed by atoms with Crippen LogP contribution >= 0.6 is 0 Å². The molecule has 10 rings (SSSR count). The van der Waals surface area contributed by atoms with Crippen molar-refractivity contribution in [3.63, 3.8) is 0 Å². The fourth-order valence-electron chi connectivity index (χ4n) is 10.8. The van der Waals surface area contributed by atoms with Gasteiger partial charge in [0.2, 0.25) is 0 Å². The molecule has 0 aromatic heterocycles. The predicted molar refractivity (Wildman–Crippen MR) is 323 cm³/mol. The van der Waals surface area contributed by atoms with Gasteiger partial charge in [0.15, 0.2) is 0 Å². The molecule has 0 saturated heterocycles. The lowest BCUT2D eigenvalue weighted by molar-refractivity contribution is 0.590. The fraction of sp³-hybridized carbons (Fsp3) is 0.216. The van der Waals surface area contributed by atoms with Crippen molar-refractivity contribution in [3.8, 4) is 66.8 Å². The molecule has 10 aromatic carbocycles. The first-order valence-corrected chi connectivity index (χ1v) is 26.5. The Bertz CT molecular complexity index is 3540. The van der Waals surface area contributed by atoms with E-state index in [1.807, 2.05) is 0 Å². The quantitative estimate of drug-likeness (QED) is 0.156. The van der Waals surface area contributed by atoms with Crippen molar-refractivity contribution >= 4 is 34.7 Å². The zero-order valence-corrected chi connectivity index (χ0v) is 45.9. The van der Waals surface area contributed by atoms with Crippen LogP contribution in [0, 0.1) is 10.4 Å². The lowest BCUT2D eigenvalue weighted by atomic mass is 9.84. The van der Waals surface area contributed by atoms with Crippen molar-refractivity contribution < 1.29 is 0 Å². The third-order valence-corrected chi connectivity index (χ3v) is 15.4. The molecule has 0 fully saturated rings. The molecule has 10 aromatic rings. The Morgan fingerprint density at radius 2 is 0.473 bits per heavy atom. The van der Waals surface area contributed by atoms with E-state index in [2.05, 4.69) is 277 Å². The van der Waals surface area contributed by atoms with E-state index in [1.165, 1.54) is 66.8 Å². The molecule has 0 radical (unpaired) electrons. The maximum atomic E-state index is 5.08. The van der Waals surface area contributed by atoms with Gasteiger partial charge in [-0.05, 0) is 202 Å². The van der Waals surface area contributed by atoms with Crippen molar-refractivity contribution in [3.05, 3.63) is 237 Å². The van der Waals surface area contributed by atoms with Gasteiger partial charge in [0.05, 0.1) is 0 Å². The summed E-state index contributed by atoms with van der Waals surface area (Å²) in [5.41, 5.74) is 19.4. The summed E-state index contributed by atoms with van der Waals surface area (Å²) in [6.07, 6.45) is 0. The van der Waals surface area contributed by atoms with E-state index in [4.69, 9.17) is 13.2 Å². The molecular formula is C74H72. The highest BCUT2D eigenvalue weighted by Gasteiger charge is 2.20. The Morgan fingerprint density at radius 3 is 0.716 bits per heavy atom. The van der Waals surface area contributed by atoms with Crippen LogP contribution in [0.15, 0.2) is 194 Å². The molecule has 0 spiro atoms. The van der Waals surface area contributed by atoms with Crippen molar-refractivity contribution in [2.45, 2.75) is 105 Å². The Morgan fingerprint density at radius 1 is 0.243 bits per heavy atom. The molecule has 74 heavy (non-hydrogen) atoms. The van der Waals surface area contributed by atoms with Crippen molar-refractivity contribution in [2.24, 2.45) is 0 Å². The molecule has 0 bridgehead atoms. The summed E-state index contributed by atoms with van der Waals surface area (Å²) in [4.78, 5) is 0. The van der Waals surface area contributed by atoms with Crippen LogP contribution in [0.3, 0.4) is 0 Å². The average molecular weight is 961 g/mol. The third kappa shape index (κ3) is 9.84. The smallest absolute Gasteiger partial charge is 0.00203 e. The average Bonchev–Trinajstić information content (AvgIpc) is 3.37. The Labute approximate surface area is 441 Å². The van der Waals surface area contributed by atoms with Gasteiger partial charge in [0.1, 0.15) is 0 Å². The highest BCUT2D eigenvalue weighted by molar-refractivity contribution is 5.95. The topological polar surface area (TPSA) is 0 Å². The lowest BCUT2D eigenvalue weighted by Crippen LogP contribution is -2.14. The van der Waals surface area contributed by atoms with E-state index in [0.29, 0.717) is 0 Å².